The molecule has 0 saturated heterocycles. The molecule has 2 aromatic carbocycles. The molecule has 4 aliphatic rings. The molecule has 0 N–H and O–H groups in total. The summed E-state index contributed by atoms with van der Waals surface area (Å²) in [6, 6.07) is 10.3. The molecule has 0 bridgehead atoms. The van der Waals surface area contributed by atoms with Gasteiger partial charge in [0.05, 0.1) is 9.49 Å². The lowest BCUT2D eigenvalue weighted by atomic mass is 9.71. The zero-order valence-corrected chi connectivity index (χ0v) is 20.7. The number of hydrogen-bond donors (Lipinski definition) is 0. The van der Waals surface area contributed by atoms with Crippen molar-refractivity contribution in [3.05, 3.63) is 106 Å². The molecule has 2 heterocycles. The Morgan fingerprint density at radius 1 is 0.541 bits per heavy atom. The Kier molecular flexibility index (Phi) is 4.93. The fourth-order valence-corrected chi connectivity index (χ4v) is 8.56. The van der Waals surface area contributed by atoms with Crippen LogP contribution in [0.5, 0.6) is 0 Å². The molecule has 1 fully saturated rings. The minimum absolute atomic E-state index is 0.304. The van der Waals surface area contributed by atoms with E-state index in [-0.39, 0.29) is 11.1 Å². The van der Waals surface area contributed by atoms with Gasteiger partial charge in [-0.15, -0.1) is 23.5 Å². The first kappa shape index (κ1) is 24.9. The molecule has 0 radical (unpaired) electrons. The topological polar surface area (TPSA) is 0 Å². The van der Waals surface area contributed by atoms with E-state index in [4.69, 9.17) is 0 Å². The zero-order chi connectivity index (χ0) is 26.8. The van der Waals surface area contributed by atoms with Gasteiger partial charge in [-0.3, -0.25) is 0 Å². The van der Waals surface area contributed by atoms with E-state index < -0.39 is 50.0 Å². The summed E-state index contributed by atoms with van der Waals surface area (Å²) >= 11 is 2.18. The normalized spacial score (nSPS) is 30.6. The number of rotatable bonds is 2. The quantitative estimate of drug-likeness (QED) is 0.339. The van der Waals surface area contributed by atoms with Gasteiger partial charge in [-0.25, -0.2) is 8.78 Å². The molecule has 37 heavy (non-hydrogen) atoms. The van der Waals surface area contributed by atoms with Crippen molar-refractivity contribution in [2.24, 2.45) is 0 Å². The van der Waals surface area contributed by atoms with Gasteiger partial charge in [0.25, 0.3) is 0 Å². The Morgan fingerprint density at radius 3 is 1.19 bits per heavy atom. The largest absolute Gasteiger partial charge is 0.380 e. The molecular weight excluding hydrogens is 540 g/mol. The van der Waals surface area contributed by atoms with Gasteiger partial charge in [-0.05, 0) is 72.5 Å². The van der Waals surface area contributed by atoms with Crippen molar-refractivity contribution in [3.63, 3.8) is 0 Å². The van der Waals surface area contributed by atoms with E-state index >= 15 is 17.6 Å². The van der Waals surface area contributed by atoms with Crippen molar-refractivity contribution >= 4 is 33.3 Å². The summed E-state index contributed by atoms with van der Waals surface area (Å²) in [5, 5.41) is 0. The van der Waals surface area contributed by atoms with Crippen LogP contribution in [0.2, 0.25) is 0 Å². The second-order valence-corrected chi connectivity index (χ2v) is 12.5. The first-order valence-electron chi connectivity index (χ1n) is 11.1. The monoisotopic (exact) mass is 556 g/mol. The molecule has 2 aliphatic carbocycles. The van der Waals surface area contributed by atoms with Crippen LogP contribution < -0.4 is 0 Å². The summed E-state index contributed by atoms with van der Waals surface area (Å²) in [6.07, 6.45) is 2.49. The van der Waals surface area contributed by atoms with Crippen LogP contribution in [0.3, 0.4) is 0 Å². The molecular formula is C27H16F8S2. The van der Waals surface area contributed by atoms with Crippen molar-refractivity contribution in [2.45, 2.75) is 41.1 Å². The van der Waals surface area contributed by atoms with Crippen LogP contribution >= 0.6 is 23.5 Å². The number of allylic oxidation sites excluding steroid dienone is 4. The van der Waals surface area contributed by atoms with Gasteiger partial charge in [0.2, 0.25) is 0 Å². The van der Waals surface area contributed by atoms with E-state index in [0.717, 1.165) is 23.5 Å². The molecule has 0 amide bonds. The highest BCUT2D eigenvalue weighted by molar-refractivity contribution is 8.14. The number of thioether (sulfide) groups is 2. The van der Waals surface area contributed by atoms with Gasteiger partial charge in [-0.2, -0.15) is 26.3 Å². The average molecular weight is 557 g/mol. The van der Waals surface area contributed by atoms with Gasteiger partial charge in [0, 0.05) is 21.0 Å². The van der Waals surface area contributed by atoms with Gasteiger partial charge in [0.1, 0.15) is 11.6 Å². The standard InChI is InChI=1S/C27H16F8S2/c1-23-17(11-19(36-23)13-3-7-15(28)8-4-13)21-22(26(32,33)27(34,35)25(21,30)31)18-12-20(37-24(18,23)2)14-5-9-16(29)10-6-14/h3-12H,1-2H3/t23-,24-/m1/s1. The predicted molar refractivity (Wildman–Crippen MR) is 130 cm³/mol. The second kappa shape index (κ2) is 7.34. The maximum absolute atomic E-state index is 15.3. The highest BCUT2D eigenvalue weighted by atomic mass is 32.2. The van der Waals surface area contributed by atoms with Crippen LogP contribution in [0.1, 0.15) is 25.0 Å². The first-order valence-corrected chi connectivity index (χ1v) is 12.8. The van der Waals surface area contributed by atoms with E-state index in [1.807, 2.05) is 0 Å². The third-order valence-corrected chi connectivity index (χ3v) is 10.9. The molecule has 0 aromatic heterocycles. The lowest BCUT2D eigenvalue weighted by Crippen LogP contribution is -2.48. The van der Waals surface area contributed by atoms with Gasteiger partial charge in [0.15, 0.2) is 0 Å². The molecule has 0 unspecified atom stereocenters. The maximum atomic E-state index is 15.3. The minimum Gasteiger partial charge on any atom is -0.207 e. The summed E-state index contributed by atoms with van der Waals surface area (Å²) in [7, 11) is 0. The van der Waals surface area contributed by atoms with E-state index in [1.165, 1.54) is 60.7 Å². The molecule has 192 valence electrons. The molecule has 0 nitrogen and oxygen atoms in total. The fraction of sp³-hybridized carbons (Fsp3) is 0.259. The molecule has 2 aromatic rings. The third kappa shape index (κ3) is 2.94. The van der Waals surface area contributed by atoms with E-state index in [0.29, 0.717) is 20.9 Å². The van der Waals surface area contributed by atoms with Crippen LogP contribution in [0.15, 0.2) is 83.0 Å². The van der Waals surface area contributed by atoms with E-state index in [2.05, 4.69) is 0 Å². The summed E-state index contributed by atoms with van der Waals surface area (Å²) < 4.78 is 115. The summed E-state index contributed by atoms with van der Waals surface area (Å²) in [5.74, 6) is -17.0. The Labute approximate surface area is 215 Å². The van der Waals surface area contributed by atoms with E-state index in [9.17, 15) is 17.6 Å². The number of halogens is 8. The van der Waals surface area contributed by atoms with Crippen LogP contribution in [-0.2, 0) is 0 Å². The molecule has 10 heteroatoms. The van der Waals surface area contributed by atoms with Crippen molar-refractivity contribution in [2.75, 3.05) is 0 Å². The highest BCUT2D eigenvalue weighted by Gasteiger charge is 2.84. The smallest absolute Gasteiger partial charge is 0.207 e. The molecule has 2 atom stereocenters. The second-order valence-electron chi connectivity index (χ2n) is 9.60. The fourth-order valence-electron chi connectivity index (χ4n) is 5.42. The van der Waals surface area contributed by atoms with Crippen LogP contribution in [0.25, 0.3) is 9.81 Å². The predicted octanol–water partition coefficient (Wildman–Crippen LogP) is 8.88. The Bertz CT molecular complexity index is 1370. The van der Waals surface area contributed by atoms with Crippen LogP contribution in [-0.4, -0.2) is 27.3 Å². The zero-order valence-electron chi connectivity index (χ0n) is 19.1. The lowest BCUT2D eigenvalue weighted by Gasteiger charge is -2.47. The molecule has 6 rings (SSSR count). The summed E-state index contributed by atoms with van der Waals surface area (Å²) in [6.45, 7) is 3.14. The Hall–Kier alpha value is -2.46. The van der Waals surface area contributed by atoms with Gasteiger partial charge < -0.3 is 0 Å². The highest BCUT2D eigenvalue weighted by Crippen LogP contribution is 2.75. The third-order valence-electron chi connectivity index (χ3n) is 7.58. The Morgan fingerprint density at radius 2 is 0.865 bits per heavy atom. The number of hydrogen-bond acceptors (Lipinski definition) is 2. The lowest BCUT2D eigenvalue weighted by molar-refractivity contribution is -0.258. The molecule has 2 aliphatic heterocycles. The summed E-state index contributed by atoms with van der Waals surface area (Å²) in [5.41, 5.74) is -2.45. The van der Waals surface area contributed by atoms with Crippen molar-refractivity contribution < 1.29 is 35.1 Å². The minimum atomic E-state index is -5.65. The van der Waals surface area contributed by atoms with E-state index in [1.54, 1.807) is 13.8 Å². The first-order chi connectivity index (χ1) is 17.1. The SMILES string of the molecule is C[C@@]12SC(c3ccc(F)cc3)=CC1=C1C(=C3C=C(c4ccc(F)cc4)S[C@]32C)C(F)(F)C(F)(F)C1(F)F. The Balaban J connectivity index is 1.65. The van der Waals surface area contributed by atoms with Gasteiger partial charge >= 0.3 is 17.8 Å². The molecule has 0 spiro atoms. The maximum Gasteiger partial charge on any atom is 0.380 e. The summed E-state index contributed by atoms with van der Waals surface area (Å²) in [4.78, 5) is 0.744. The number of benzene rings is 2. The van der Waals surface area contributed by atoms with Crippen LogP contribution in [0, 0.1) is 11.6 Å². The van der Waals surface area contributed by atoms with Crippen LogP contribution in [0.4, 0.5) is 35.1 Å². The van der Waals surface area contributed by atoms with Crippen molar-refractivity contribution in [1.29, 1.82) is 0 Å². The number of fused-ring (bicyclic) bond motifs is 4. The molecule has 1 saturated carbocycles. The average Bonchev–Trinajstić information content (AvgIpc) is 3.40. The number of alkyl halides is 6. The van der Waals surface area contributed by atoms with Crippen molar-refractivity contribution in [3.8, 4) is 0 Å². The van der Waals surface area contributed by atoms with Crippen molar-refractivity contribution in [1.82, 2.24) is 0 Å². The van der Waals surface area contributed by atoms with Gasteiger partial charge in [-0.1, -0.05) is 24.3 Å².